The van der Waals surface area contributed by atoms with Crippen LogP contribution in [0.3, 0.4) is 0 Å². The van der Waals surface area contributed by atoms with E-state index < -0.39 is 10.1 Å². The Balaban J connectivity index is 1.87. The van der Waals surface area contributed by atoms with Crippen molar-refractivity contribution in [1.82, 2.24) is 4.90 Å². The van der Waals surface area contributed by atoms with Crippen molar-refractivity contribution in [3.05, 3.63) is 12.3 Å². The average Bonchev–Trinajstić information content (AvgIpc) is 2.70. The smallest absolute Gasteiger partial charge is 0.414 e. The van der Waals surface area contributed by atoms with E-state index in [-0.39, 0.29) is 12.2 Å². The number of hydrogen-bond donors (Lipinski definition) is 0. The minimum absolute atomic E-state index is 0.246. The minimum atomic E-state index is -3.40. The maximum atomic E-state index is 11.7. The van der Waals surface area contributed by atoms with E-state index in [9.17, 15) is 13.2 Å². The Bertz CT molecular complexity index is 472. The van der Waals surface area contributed by atoms with Gasteiger partial charge in [-0.2, -0.15) is 8.42 Å². The lowest BCUT2D eigenvalue weighted by Crippen LogP contribution is -2.30. The van der Waals surface area contributed by atoms with E-state index in [0.29, 0.717) is 43.5 Å². The summed E-state index contributed by atoms with van der Waals surface area (Å²) in [6.07, 6.45) is 1.80. The number of amides is 1. The number of rotatable bonds is 3. The van der Waals surface area contributed by atoms with Gasteiger partial charge in [-0.1, -0.05) is 6.58 Å². The largest absolute Gasteiger partial charge is 0.416 e. The zero-order valence-corrected chi connectivity index (χ0v) is 12.0. The highest BCUT2D eigenvalue weighted by Gasteiger charge is 2.44. The molecule has 0 aromatic rings. The summed E-state index contributed by atoms with van der Waals surface area (Å²) in [6, 6.07) is 0. The van der Waals surface area contributed by atoms with E-state index in [0.717, 1.165) is 6.26 Å². The van der Waals surface area contributed by atoms with Gasteiger partial charge in [-0.15, -0.1) is 0 Å². The second-order valence-electron chi connectivity index (χ2n) is 5.39. The second-order valence-corrected chi connectivity index (χ2v) is 6.99. The Labute approximate surface area is 113 Å². The van der Waals surface area contributed by atoms with Gasteiger partial charge in [-0.25, -0.2) is 4.79 Å². The van der Waals surface area contributed by atoms with Crippen LogP contribution in [0.1, 0.15) is 19.8 Å². The van der Waals surface area contributed by atoms with Crippen molar-refractivity contribution in [2.45, 2.75) is 25.9 Å². The summed E-state index contributed by atoms with van der Waals surface area (Å²) < 4.78 is 32.2. The van der Waals surface area contributed by atoms with Crippen LogP contribution in [-0.2, 0) is 19.0 Å². The normalized spacial score (nSPS) is 30.2. The first-order valence-corrected chi connectivity index (χ1v) is 8.07. The van der Waals surface area contributed by atoms with E-state index >= 15 is 0 Å². The lowest BCUT2D eigenvalue weighted by molar-refractivity contribution is 0.130. The second kappa shape index (κ2) is 5.13. The quantitative estimate of drug-likeness (QED) is 0.579. The highest BCUT2D eigenvalue weighted by Crippen LogP contribution is 2.40. The average molecular weight is 289 g/mol. The molecule has 1 amide bonds. The van der Waals surface area contributed by atoms with Gasteiger partial charge < -0.3 is 9.64 Å². The maximum absolute atomic E-state index is 11.7. The number of likely N-dealkylation sites (tertiary alicyclic amines) is 1. The number of carbonyl (C=O) groups is 1. The van der Waals surface area contributed by atoms with Crippen LogP contribution >= 0.6 is 0 Å². The van der Waals surface area contributed by atoms with Crippen molar-refractivity contribution < 1.29 is 22.1 Å². The number of fused-ring (bicyclic) bond motifs is 1. The summed E-state index contributed by atoms with van der Waals surface area (Å²) in [4.78, 5) is 13.4. The third-order valence-electron chi connectivity index (χ3n) is 3.54. The third-order valence-corrected chi connectivity index (χ3v) is 4.16. The van der Waals surface area contributed by atoms with Crippen LogP contribution in [0.5, 0.6) is 0 Å². The molecule has 0 aromatic carbocycles. The van der Waals surface area contributed by atoms with Crippen molar-refractivity contribution in [1.29, 1.82) is 0 Å². The summed E-state index contributed by atoms with van der Waals surface area (Å²) in [7, 11) is -3.40. The molecule has 0 aromatic heterocycles. The molecular formula is C12H19NO5S. The van der Waals surface area contributed by atoms with Gasteiger partial charge in [0.05, 0.1) is 18.1 Å². The monoisotopic (exact) mass is 289 g/mol. The summed E-state index contributed by atoms with van der Waals surface area (Å²) in [5.41, 5.74) is 0. The summed E-state index contributed by atoms with van der Waals surface area (Å²) in [5.74, 6) is 0.967. The van der Waals surface area contributed by atoms with Crippen LogP contribution in [0.15, 0.2) is 12.3 Å². The molecule has 2 aliphatic rings. The molecule has 0 spiro atoms. The zero-order chi connectivity index (χ0) is 14.2. The fourth-order valence-corrected chi connectivity index (χ4v) is 3.58. The first kappa shape index (κ1) is 14.3. The van der Waals surface area contributed by atoms with Crippen molar-refractivity contribution in [2.24, 2.45) is 11.8 Å². The highest BCUT2D eigenvalue weighted by atomic mass is 32.2. The van der Waals surface area contributed by atoms with E-state index in [2.05, 4.69) is 6.58 Å². The van der Waals surface area contributed by atoms with Gasteiger partial charge in [-0.3, -0.25) is 4.18 Å². The molecule has 1 aliphatic heterocycles. The van der Waals surface area contributed by atoms with Gasteiger partial charge in [-0.05, 0) is 31.6 Å². The fraction of sp³-hybridized carbons (Fsp3) is 0.750. The van der Waals surface area contributed by atoms with E-state index in [4.69, 9.17) is 8.92 Å². The number of carbonyl (C=O) groups excluding carboxylic acids is 1. The molecule has 7 heteroatoms. The molecule has 6 nitrogen and oxygen atoms in total. The molecule has 19 heavy (non-hydrogen) atoms. The van der Waals surface area contributed by atoms with Gasteiger partial charge in [0.2, 0.25) is 0 Å². The van der Waals surface area contributed by atoms with Crippen LogP contribution < -0.4 is 0 Å². The molecule has 1 aliphatic carbocycles. The molecule has 108 valence electrons. The van der Waals surface area contributed by atoms with E-state index in [1.807, 2.05) is 0 Å². The van der Waals surface area contributed by atoms with Crippen molar-refractivity contribution in [3.8, 4) is 0 Å². The SMILES string of the molecule is C=C(C)OC(=O)N1C[C@H]2CC(OS(C)(=O)=O)C[C@H]2C1. The van der Waals surface area contributed by atoms with Gasteiger partial charge in [0.25, 0.3) is 10.1 Å². The molecule has 1 saturated carbocycles. The van der Waals surface area contributed by atoms with Crippen LogP contribution in [0, 0.1) is 11.8 Å². The van der Waals surface area contributed by atoms with Crippen molar-refractivity contribution in [3.63, 3.8) is 0 Å². The minimum Gasteiger partial charge on any atom is -0.416 e. The molecular weight excluding hydrogens is 270 g/mol. The first-order chi connectivity index (χ1) is 8.74. The Morgan fingerprint density at radius 3 is 2.21 bits per heavy atom. The Morgan fingerprint density at radius 1 is 1.26 bits per heavy atom. The standard InChI is InChI=1S/C12H19NO5S/c1-8(2)17-12(14)13-6-9-4-11(5-10(9)7-13)18-19(3,15)16/h9-11H,1,4-7H2,2-3H3/t9-,10+,11?. The molecule has 2 fully saturated rings. The van der Waals surface area contributed by atoms with Crippen LogP contribution in [0.2, 0.25) is 0 Å². The number of ether oxygens (including phenoxy) is 1. The Morgan fingerprint density at radius 2 is 1.79 bits per heavy atom. The van der Waals surface area contributed by atoms with Gasteiger partial charge >= 0.3 is 6.09 Å². The Hall–Kier alpha value is -1.08. The summed E-state index contributed by atoms with van der Waals surface area (Å²) in [5, 5.41) is 0. The first-order valence-electron chi connectivity index (χ1n) is 6.25. The Kier molecular flexibility index (Phi) is 3.87. The van der Waals surface area contributed by atoms with Gasteiger partial charge in [0.1, 0.15) is 0 Å². The molecule has 0 N–H and O–H groups in total. The lowest BCUT2D eigenvalue weighted by atomic mass is 10.0. The number of allylic oxidation sites excluding steroid dienone is 1. The predicted molar refractivity (Wildman–Crippen MR) is 68.8 cm³/mol. The summed E-state index contributed by atoms with van der Waals surface area (Å²) >= 11 is 0. The van der Waals surface area contributed by atoms with Crippen molar-refractivity contribution >= 4 is 16.2 Å². The molecule has 1 saturated heterocycles. The van der Waals surface area contributed by atoms with E-state index in [1.165, 1.54) is 0 Å². The molecule has 3 atom stereocenters. The molecule has 2 rings (SSSR count). The fourth-order valence-electron chi connectivity index (χ4n) is 2.93. The number of hydrogen-bond acceptors (Lipinski definition) is 5. The third kappa shape index (κ3) is 3.70. The molecule has 0 radical (unpaired) electrons. The highest BCUT2D eigenvalue weighted by molar-refractivity contribution is 7.86. The van der Waals surface area contributed by atoms with Gasteiger partial charge in [0, 0.05) is 13.1 Å². The van der Waals surface area contributed by atoms with Gasteiger partial charge in [0.15, 0.2) is 0 Å². The summed E-state index contributed by atoms with van der Waals surface area (Å²) in [6.45, 7) is 6.36. The molecule has 1 heterocycles. The van der Waals surface area contributed by atoms with Crippen LogP contribution in [0.25, 0.3) is 0 Å². The lowest BCUT2D eigenvalue weighted by Gasteiger charge is -2.18. The van der Waals surface area contributed by atoms with Crippen LogP contribution in [-0.4, -0.2) is 44.9 Å². The maximum Gasteiger partial charge on any atom is 0.414 e. The predicted octanol–water partition coefficient (Wildman–Crippen LogP) is 1.34. The number of nitrogens with zero attached hydrogens (tertiary/aromatic N) is 1. The van der Waals surface area contributed by atoms with Crippen molar-refractivity contribution in [2.75, 3.05) is 19.3 Å². The zero-order valence-electron chi connectivity index (χ0n) is 11.2. The molecule has 1 unspecified atom stereocenters. The molecule has 0 bridgehead atoms. The topological polar surface area (TPSA) is 72.9 Å². The van der Waals surface area contributed by atoms with Crippen LogP contribution in [0.4, 0.5) is 4.79 Å². The van der Waals surface area contributed by atoms with E-state index in [1.54, 1.807) is 11.8 Å².